The molecule has 2 N–H and O–H groups in total. The zero-order valence-electron chi connectivity index (χ0n) is 23.4. The number of fused-ring (bicyclic) bond motifs is 1. The molecule has 0 spiro atoms. The average molecular weight is 596 g/mol. The maximum atomic E-state index is 11.5. The van der Waals surface area contributed by atoms with Gasteiger partial charge in [-0.05, 0) is 43.3 Å². The van der Waals surface area contributed by atoms with Gasteiger partial charge in [0.1, 0.15) is 17.3 Å². The Morgan fingerprint density at radius 2 is 1.59 bits per heavy atom. The van der Waals surface area contributed by atoms with E-state index in [1.807, 2.05) is 25.1 Å². The summed E-state index contributed by atoms with van der Waals surface area (Å²) in [6, 6.07) is 9.57. The van der Waals surface area contributed by atoms with Gasteiger partial charge in [-0.2, -0.15) is 0 Å². The van der Waals surface area contributed by atoms with Crippen LogP contribution in [0.15, 0.2) is 42.7 Å². The fourth-order valence-electron chi connectivity index (χ4n) is 5.10. The van der Waals surface area contributed by atoms with Crippen LogP contribution in [0.25, 0.3) is 22.0 Å². The van der Waals surface area contributed by atoms with Crippen molar-refractivity contribution < 1.29 is 14.3 Å². The van der Waals surface area contributed by atoms with Crippen LogP contribution >= 0.6 is 23.2 Å². The molecule has 2 aromatic carbocycles. The normalized spacial score (nSPS) is 13.8. The lowest BCUT2D eigenvalue weighted by molar-refractivity contribution is -0.105. The van der Waals surface area contributed by atoms with Gasteiger partial charge in [0.2, 0.25) is 6.41 Å². The fourth-order valence-corrected chi connectivity index (χ4v) is 5.79. The van der Waals surface area contributed by atoms with Crippen LogP contribution in [0.5, 0.6) is 11.5 Å². The number of rotatable bonds is 9. The number of methoxy groups -OCH3 is 2. The lowest BCUT2D eigenvalue weighted by atomic mass is 10.1. The van der Waals surface area contributed by atoms with Crippen LogP contribution in [0.2, 0.25) is 10.0 Å². The van der Waals surface area contributed by atoms with Crippen LogP contribution in [-0.4, -0.2) is 68.2 Å². The summed E-state index contributed by atoms with van der Waals surface area (Å²) in [6.07, 6.45) is 4.19. The number of aryl methyl sites for hydroxylation is 1. The third-order valence-electron chi connectivity index (χ3n) is 7.41. The monoisotopic (exact) mass is 594 g/mol. The van der Waals surface area contributed by atoms with Crippen LogP contribution in [0, 0.1) is 6.92 Å². The number of piperazine rings is 1. The molecule has 0 saturated carbocycles. The molecular formula is C30H32Cl2N6O3. The third-order valence-corrected chi connectivity index (χ3v) is 8.16. The molecule has 214 valence electrons. The van der Waals surface area contributed by atoms with Crippen molar-refractivity contribution in [2.75, 3.05) is 62.5 Å². The highest BCUT2D eigenvalue weighted by molar-refractivity contribution is 6.41. The van der Waals surface area contributed by atoms with Crippen molar-refractivity contribution >= 4 is 63.3 Å². The molecule has 1 saturated heterocycles. The second-order valence-corrected chi connectivity index (χ2v) is 10.5. The molecule has 0 bridgehead atoms. The number of pyridine rings is 2. The van der Waals surface area contributed by atoms with Crippen molar-refractivity contribution in [3.05, 3.63) is 58.3 Å². The summed E-state index contributed by atoms with van der Waals surface area (Å²) in [5.41, 5.74) is 4.64. The van der Waals surface area contributed by atoms with Crippen LogP contribution in [0.1, 0.15) is 12.5 Å². The van der Waals surface area contributed by atoms with E-state index in [1.165, 1.54) is 14.2 Å². The van der Waals surface area contributed by atoms with Gasteiger partial charge >= 0.3 is 0 Å². The second kappa shape index (κ2) is 12.4. The average Bonchev–Trinajstić information content (AvgIpc) is 2.99. The first-order valence-electron chi connectivity index (χ1n) is 13.3. The molecule has 11 heteroatoms. The number of amides is 1. The molecule has 2 aromatic heterocycles. The summed E-state index contributed by atoms with van der Waals surface area (Å²) < 4.78 is 10.8. The van der Waals surface area contributed by atoms with Gasteiger partial charge in [0.05, 0.1) is 41.3 Å². The number of carbonyl (C=O) groups excluding carboxylic acids is 1. The molecule has 4 aromatic rings. The molecule has 0 atom stereocenters. The highest BCUT2D eigenvalue weighted by atomic mass is 35.5. The maximum absolute atomic E-state index is 11.5. The van der Waals surface area contributed by atoms with Gasteiger partial charge in [-0.15, -0.1) is 0 Å². The lowest BCUT2D eigenvalue weighted by Crippen LogP contribution is -2.46. The predicted molar refractivity (Wildman–Crippen MR) is 167 cm³/mol. The largest absolute Gasteiger partial charge is 0.495 e. The maximum Gasteiger partial charge on any atom is 0.211 e. The Balaban J connectivity index is 1.45. The Hall–Kier alpha value is -3.79. The van der Waals surface area contributed by atoms with Gasteiger partial charge < -0.3 is 29.9 Å². The minimum absolute atomic E-state index is 0.345. The summed E-state index contributed by atoms with van der Waals surface area (Å²) in [5, 5.41) is 8.66. The smallest absolute Gasteiger partial charge is 0.211 e. The van der Waals surface area contributed by atoms with E-state index in [4.69, 9.17) is 32.7 Å². The number of aromatic nitrogens is 2. The summed E-state index contributed by atoms with van der Waals surface area (Å²) in [5.74, 6) is 1.49. The molecule has 41 heavy (non-hydrogen) atoms. The first-order chi connectivity index (χ1) is 19.9. The minimum atomic E-state index is 0.345. The van der Waals surface area contributed by atoms with E-state index in [-0.39, 0.29) is 0 Å². The number of halogens is 2. The van der Waals surface area contributed by atoms with Gasteiger partial charge in [-0.3, -0.25) is 9.78 Å². The van der Waals surface area contributed by atoms with Crippen LogP contribution in [0.4, 0.5) is 22.9 Å². The highest BCUT2D eigenvalue weighted by Gasteiger charge is 2.21. The van der Waals surface area contributed by atoms with Crippen molar-refractivity contribution in [2.24, 2.45) is 0 Å². The lowest BCUT2D eigenvalue weighted by Gasteiger charge is -2.36. The minimum Gasteiger partial charge on any atom is -0.495 e. The molecule has 0 radical (unpaired) electrons. The number of nitrogens with one attached hydrogen (secondary N) is 2. The van der Waals surface area contributed by atoms with E-state index in [0.29, 0.717) is 50.7 Å². The number of ether oxygens (including phenoxy) is 2. The van der Waals surface area contributed by atoms with Gasteiger partial charge in [0, 0.05) is 66.7 Å². The zero-order chi connectivity index (χ0) is 29.1. The Morgan fingerprint density at radius 3 is 2.22 bits per heavy atom. The molecule has 5 rings (SSSR count). The number of benzene rings is 2. The Morgan fingerprint density at radius 1 is 0.927 bits per heavy atom. The van der Waals surface area contributed by atoms with Crippen molar-refractivity contribution in [3.8, 4) is 22.8 Å². The summed E-state index contributed by atoms with van der Waals surface area (Å²) in [6.45, 7) is 9.20. The number of hydrogen-bond donors (Lipinski definition) is 2. The predicted octanol–water partition coefficient (Wildman–Crippen LogP) is 6.38. The Kier molecular flexibility index (Phi) is 8.68. The molecule has 1 aliphatic rings. The van der Waals surface area contributed by atoms with Crippen molar-refractivity contribution in [3.63, 3.8) is 0 Å². The van der Waals surface area contributed by atoms with Crippen molar-refractivity contribution in [1.29, 1.82) is 0 Å². The number of hydrogen-bond acceptors (Lipinski definition) is 8. The van der Waals surface area contributed by atoms with Crippen molar-refractivity contribution in [1.82, 2.24) is 14.9 Å². The number of anilines is 4. The van der Waals surface area contributed by atoms with Gasteiger partial charge in [0.25, 0.3) is 0 Å². The van der Waals surface area contributed by atoms with Crippen LogP contribution in [-0.2, 0) is 4.79 Å². The van der Waals surface area contributed by atoms with Gasteiger partial charge in [-0.25, -0.2) is 4.98 Å². The fraction of sp³-hybridized carbons (Fsp3) is 0.300. The highest BCUT2D eigenvalue weighted by Crippen LogP contribution is 2.45. The Labute approximate surface area is 249 Å². The molecule has 1 aliphatic heterocycles. The van der Waals surface area contributed by atoms with Gasteiger partial charge in [0.15, 0.2) is 0 Å². The summed E-state index contributed by atoms with van der Waals surface area (Å²) in [7, 11) is 3.06. The van der Waals surface area contributed by atoms with Crippen molar-refractivity contribution in [2.45, 2.75) is 13.8 Å². The molecule has 0 unspecified atom stereocenters. The van der Waals surface area contributed by atoms with E-state index in [2.05, 4.69) is 43.4 Å². The molecule has 1 fully saturated rings. The molecule has 9 nitrogen and oxygen atoms in total. The second-order valence-electron chi connectivity index (χ2n) is 9.76. The van der Waals surface area contributed by atoms with Crippen LogP contribution < -0.4 is 25.0 Å². The molecule has 0 aliphatic carbocycles. The zero-order valence-corrected chi connectivity index (χ0v) is 24.9. The number of likely N-dealkylation sites (N-methyl/N-ethyl adjacent to an activating group) is 1. The Bertz CT molecular complexity index is 1560. The quantitative estimate of drug-likeness (QED) is 0.216. The SMILES string of the molecule is CCN1CCN(c2cc(C)c(Nc3cc4cnc(-c5c(Cl)c(OC)cc(OC)c5Cl)cc4cn3)c(NC=O)c2)CC1. The standard InChI is InChI=1S/C30H32Cl2N6O3/c1-5-37-6-8-38(9-7-37)21-10-18(2)30(23(13-21)35-17-39)36-26-12-20-15-33-22(11-19(20)16-34-26)27-28(31)24(40-3)14-25(41-4)29(27)32/h10-17H,5-9H2,1-4H3,(H,34,36)(H,35,39). The number of nitrogens with zero attached hydrogens (tertiary/aromatic N) is 4. The molecule has 1 amide bonds. The number of carbonyl (C=O) groups is 1. The van der Waals surface area contributed by atoms with E-state index >= 15 is 0 Å². The first-order valence-corrected chi connectivity index (χ1v) is 14.1. The third kappa shape index (κ3) is 5.84. The van der Waals surface area contributed by atoms with E-state index in [9.17, 15) is 4.79 Å². The van der Waals surface area contributed by atoms with E-state index in [1.54, 1.807) is 18.5 Å². The molecular weight excluding hydrogens is 563 g/mol. The van der Waals surface area contributed by atoms with E-state index in [0.717, 1.165) is 60.4 Å². The van der Waals surface area contributed by atoms with Crippen LogP contribution in [0.3, 0.4) is 0 Å². The summed E-state index contributed by atoms with van der Waals surface area (Å²) in [4.78, 5) is 25.6. The summed E-state index contributed by atoms with van der Waals surface area (Å²) >= 11 is 13.2. The topological polar surface area (TPSA) is 91.8 Å². The first kappa shape index (κ1) is 28.7. The van der Waals surface area contributed by atoms with Gasteiger partial charge in [-0.1, -0.05) is 30.1 Å². The van der Waals surface area contributed by atoms with E-state index < -0.39 is 0 Å². The molecule has 3 heterocycles.